The molecular weight excluding hydrogens is 225 g/mol. The number of aromatic amines is 1. The zero-order valence-electron chi connectivity index (χ0n) is 9.53. The maximum atomic E-state index is 12.4. The van der Waals surface area contributed by atoms with E-state index in [9.17, 15) is 9.18 Å². The van der Waals surface area contributed by atoms with Crippen molar-refractivity contribution in [3.63, 3.8) is 0 Å². The smallest absolute Gasteiger partial charge is 0.227 e. The Kier molecular flexibility index (Phi) is 3.03. The molecular formula is C11H12FN3O2. The van der Waals surface area contributed by atoms with Crippen LogP contribution in [0.15, 0.2) is 12.5 Å². The monoisotopic (exact) mass is 237 g/mol. The molecule has 2 aromatic rings. The molecule has 5 nitrogen and oxygen atoms in total. The highest BCUT2D eigenvalue weighted by atomic mass is 19.1. The predicted octanol–water partition coefficient (Wildman–Crippen LogP) is 1.90. The van der Waals surface area contributed by atoms with Gasteiger partial charge in [-0.3, -0.25) is 4.79 Å². The second kappa shape index (κ2) is 4.48. The van der Waals surface area contributed by atoms with Crippen LogP contribution in [0, 0.1) is 0 Å². The first kappa shape index (κ1) is 11.5. The normalized spacial score (nSPS) is 11.1. The number of Topliss-reactive ketones (excluding diaryl/α,β-unsaturated/α-hetero) is 1. The van der Waals surface area contributed by atoms with Gasteiger partial charge in [0.15, 0.2) is 12.5 Å². The van der Waals surface area contributed by atoms with E-state index in [0.29, 0.717) is 16.9 Å². The zero-order chi connectivity index (χ0) is 12.4. The molecule has 0 aromatic carbocycles. The van der Waals surface area contributed by atoms with Gasteiger partial charge in [-0.25, -0.2) is 14.4 Å². The number of rotatable bonds is 4. The molecule has 0 aliphatic rings. The van der Waals surface area contributed by atoms with Crippen molar-refractivity contribution in [3.05, 3.63) is 18.1 Å². The number of halogens is 1. The number of ether oxygens (including phenoxy) is 1. The van der Waals surface area contributed by atoms with E-state index >= 15 is 0 Å². The number of hydrogen-bond acceptors (Lipinski definition) is 4. The molecule has 0 saturated heterocycles. The first-order valence-corrected chi connectivity index (χ1v) is 5.21. The fourth-order valence-corrected chi connectivity index (χ4v) is 1.54. The number of H-pyrrole nitrogens is 1. The van der Waals surface area contributed by atoms with Crippen molar-refractivity contribution < 1.29 is 13.9 Å². The second-order valence-electron chi connectivity index (χ2n) is 3.83. The lowest BCUT2D eigenvalue weighted by Gasteiger charge is -2.09. The number of carbonyl (C=O) groups is 1. The van der Waals surface area contributed by atoms with Crippen molar-refractivity contribution in [3.8, 4) is 5.88 Å². The van der Waals surface area contributed by atoms with E-state index in [4.69, 9.17) is 4.74 Å². The first-order chi connectivity index (χ1) is 8.13. The lowest BCUT2D eigenvalue weighted by atomic mass is 10.2. The van der Waals surface area contributed by atoms with Gasteiger partial charge in [0.05, 0.1) is 17.1 Å². The summed E-state index contributed by atoms with van der Waals surface area (Å²) in [7, 11) is 0. The number of hydrogen-bond donors (Lipinski definition) is 1. The molecule has 2 aromatic heterocycles. The molecule has 0 fully saturated rings. The molecule has 0 saturated carbocycles. The Balaban J connectivity index is 2.59. The third kappa shape index (κ3) is 2.11. The van der Waals surface area contributed by atoms with Gasteiger partial charge in [-0.05, 0) is 13.8 Å². The van der Waals surface area contributed by atoms with E-state index in [1.165, 1.54) is 12.5 Å². The van der Waals surface area contributed by atoms with Crippen LogP contribution >= 0.6 is 0 Å². The Bertz CT molecular complexity index is 551. The topological polar surface area (TPSA) is 67.9 Å². The summed E-state index contributed by atoms with van der Waals surface area (Å²) >= 11 is 0. The van der Waals surface area contributed by atoms with Crippen LogP contribution < -0.4 is 4.74 Å². The number of aromatic nitrogens is 3. The molecule has 0 bridgehead atoms. The summed E-state index contributed by atoms with van der Waals surface area (Å²) in [5, 5.41) is 0.434. The standard InChI is InChI=1S/C11H12FN3O2/c1-6(2)17-11-9-7(8(16)3-12)4-13-10(9)14-5-15-11/h4-6H,3H2,1-2H3,(H,13,14,15). The van der Waals surface area contributed by atoms with Gasteiger partial charge in [0.2, 0.25) is 5.88 Å². The highest BCUT2D eigenvalue weighted by Gasteiger charge is 2.18. The summed E-state index contributed by atoms with van der Waals surface area (Å²) in [4.78, 5) is 22.2. The molecule has 1 N–H and O–H groups in total. The molecule has 0 unspecified atom stereocenters. The quantitative estimate of drug-likeness (QED) is 0.824. The van der Waals surface area contributed by atoms with Gasteiger partial charge >= 0.3 is 0 Å². The van der Waals surface area contributed by atoms with Crippen LogP contribution in [-0.4, -0.2) is 33.5 Å². The van der Waals surface area contributed by atoms with E-state index < -0.39 is 12.5 Å². The molecule has 2 heterocycles. The number of ketones is 1. The average molecular weight is 237 g/mol. The van der Waals surface area contributed by atoms with Crippen LogP contribution in [0.2, 0.25) is 0 Å². The minimum atomic E-state index is -1.05. The molecule has 0 amide bonds. The van der Waals surface area contributed by atoms with Gasteiger partial charge in [0, 0.05) is 6.20 Å². The maximum absolute atomic E-state index is 12.4. The minimum absolute atomic E-state index is 0.0867. The minimum Gasteiger partial charge on any atom is -0.474 e. The molecule has 0 aliphatic heterocycles. The van der Waals surface area contributed by atoms with Gasteiger partial charge in [0.1, 0.15) is 12.0 Å². The lowest BCUT2D eigenvalue weighted by molar-refractivity contribution is 0.0960. The highest BCUT2D eigenvalue weighted by Crippen LogP contribution is 2.26. The fraction of sp³-hybridized carbons (Fsp3) is 0.364. The van der Waals surface area contributed by atoms with Crippen LogP contribution in [-0.2, 0) is 0 Å². The molecule has 0 aliphatic carbocycles. The third-order valence-electron chi connectivity index (χ3n) is 2.20. The summed E-state index contributed by atoms with van der Waals surface area (Å²) < 4.78 is 17.9. The molecule has 90 valence electrons. The first-order valence-electron chi connectivity index (χ1n) is 5.21. The number of nitrogens with one attached hydrogen (secondary N) is 1. The van der Waals surface area contributed by atoms with Crippen LogP contribution in [0.4, 0.5) is 4.39 Å². The molecule has 2 rings (SSSR count). The van der Waals surface area contributed by atoms with Crippen molar-refractivity contribution in [1.29, 1.82) is 0 Å². The van der Waals surface area contributed by atoms with E-state index in [0.717, 1.165) is 0 Å². The highest BCUT2D eigenvalue weighted by molar-refractivity contribution is 6.09. The number of carbonyl (C=O) groups excluding carboxylic acids is 1. The lowest BCUT2D eigenvalue weighted by Crippen LogP contribution is -2.08. The Morgan fingerprint density at radius 2 is 2.29 bits per heavy atom. The number of alkyl halides is 1. The Morgan fingerprint density at radius 1 is 1.53 bits per heavy atom. The van der Waals surface area contributed by atoms with E-state index in [1.807, 2.05) is 13.8 Å². The van der Waals surface area contributed by atoms with Crippen LogP contribution in [0.3, 0.4) is 0 Å². The van der Waals surface area contributed by atoms with Gasteiger partial charge in [-0.1, -0.05) is 0 Å². The van der Waals surface area contributed by atoms with Crippen LogP contribution in [0.1, 0.15) is 24.2 Å². The Labute approximate surface area is 97.0 Å². The fourth-order valence-electron chi connectivity index (χ4n) is 1.54. The van der Waals surface area contributed by atoms with Crippen molar-refractivity contribution in [2.24, 2.45) is 0 Å². The van der Waals surface area contributed by atoms with Crippen molar-refractivity contribution in [1.82, 2.24) is 15.0 Å². The van der Waals surface area contributed by atoms with Crippen molar-refractivity contribution in [2.45, 2.75) is 20.0 Å². The second-order valence-corrected chi connectivity index (χ2v) is 3.83. The average Bonchev–Trinajstić information content (AvgIpc) is 2.72. The predicted molar refractivity (Wildman–Crippen MR) is 60.0 cm³/mol. The van der Waals surface area contributed by atoms with E-state index in [1.54, 1.807) is 0 Å². The van der Waals surface area contributed by atoms with Crippen molar-refractivity contribution >= 4 is 16.8 Å². The third-order valence-corrected chi connectivity index (χ3v) is 2.20. The molecule has 0 atom stereocenters. The van der Waals surface area contributed by atoms with Crippen LogP contribution in [0.25, 0.3) is 11.0 Å². The van der Waals surface area contributed by atoms with Gasteiger partial charge in [-0.15, -0.1) is 0 Å². The number of fused-ring (bicyclic) bond motifs is 1. The Hall–Kier alpha value is -1.98. The molecule has 6 heteroatoms. The molecule has 0 radical (unpaired) electrons. The molecule has 0 spiro atoms. The zero-order valence-corrected chi connectivity index (χ0v) is 9.53. The summed E-state index contributed by atoms with van der Waals surface area (Å²) in [5.41, 5.74) is 0.686. The SMILES string of the molecule is CC(C)Oc1ncnc2[nH]cc(C(=O)CF)c12. The summed E-state index contributed by atoms with van der Waals surface area (Å²) in [5.74, 6) is -0.317. The molecule has 17 heavy (non-hydrogen) atoms. The van der Waals surface area contributed by atoms with Crippen LogP contribution in [0.5, 0.6) is 5.88 Å². The van der Waals surface area contributed by atoms with E-state index in [-0.39, 0.29) is 11.7 Å². The Morgan fingerprint density at radius 3 is 2.94 bits per heavy atom. The summed E-state index contributed by atoms with van der Waals surface area (Å²) in [6, 6.07) is 0. The number of nitrogens with zero attached hydrogens (tertiary/aromatic N) is 2. The van der Waals surface area contributed by atoms with Gasteiger partial charge in [0.25, 0.3) is 0 Å². The van der Waals surface area contributed by atoms with Gasteiger partial charge in [-0.2, -0.15) is 0 Å². The maximum Gasteiger partial charge on any atom is 0.227 e. The van der Waals surface area contributed by atoms with E-state index in [2.05, 4.69) is 15.0 Å². The summed E-state index contributed by atoms with van der Waals surface area (Å²) in [6.07, 6.45) is 2.67. The van der Waals surface area contributed by atoms with Crippen molar-refractivity contribution in [2.75, 3.05) is 6.67 Å². The van der Waals surface area contributed by atoms with Gasteiger partial charge < -0.3 is 9.72 Å². The summed E-state index contributed by atoms with van der Waals surface area (Å²) in [6.45, 7) is 2.64. The largest absolute Gasteiger partial charge is 0.474 e.